The third-order valence-corrected chi connectivity index (χ3v) is 5.50. The molecule has 0 aromatic heterocycles. The SMILES string of the molecule is CCC1CCCC(C(=O)O)SS1. The Kier molecular flexibility index (Phi) is 4.29. The van der Waals surface area contributed by atoms with Gasteiger partial charge in [-0.3, -0.25) is 4.79 Å². The van der Waals surface area contributed by atoms with Gasteiger partial charge in [0.15, 0.2) is 0 Å². The minimum absolute atomic E-state index is 0.174. The first-order valence-electron chi connectivity index (χ1n) is 4.29. The van der Waals surface area contributed by atoms with Gasteiger partial charge in [-0.15, -0.1) is 0 Å². The maximum absolute atomic E-state index is 10.7. The van der Waals surface area contributed by atoms with Gasteiger partial charge in [0.1, 0.15) is 5.25 Å². The molecule has 0 aromatic carbocycles. The smallest absolute Gasteiger partial charge is 0.317 e. The summed E-state index contributed by atoms with van der Waals surface area (Å²) in [5.41, 5.74) is 0. The summed E-state index contributed by atoms with van der Waals surface area (Å²) in [7, 11) is 3.30. The Bertz CT molecular complexity index is 161. The molecule has 2 atom stereocenters. The summed E-state index contributed by atoms with van der Waals surface area (Å²) in [5.74, 6) is -0.649. The van der Waals surface area contributed by atoms with Crippen molar-refractivity contribution in [3.63, 3.8) is 0 Å². The summed E-state index contributed by atoms with van der Waals surface area (Å²) in [6.07, 6.45) is 4.24. The monoisotopic (exact) mass is 206 g/mol. The van der Waals surface area contributed by atoms with Crippen LogP contribution in [0.25, 0.3) is 0 Å². The summed E-state index contributed by atoms with van der Waals surface area (Å²) in [4.78, 5) is 10.7. The lowest BCUT2D eigenvalue weighted by Gasteiger charge is -2.08. The zero-order valence-corrected chi connectivity index (χ0v) is 8.79. The van der Waals surface area contributed by atoms with Crippen LogP contribution >= 0.6 is 21.6 Å². The average Bonchev–Trinajstić information content (AvgIpc) is 2.28. The van der Waals surface area contributed by atoms with Gasteiger partial charge < -0.3 is 5.11 Å². The maximum Gasteiger partial charge on any atom is 0.317 e. The largest absolute Gasteiger partial charge is 0.480 e. The third kappa shape index (κ3) is 2.90. The second-order valence-corrected chi connectivity index (χ2v) is 5.76. The highest BCUT2D eigenvalue weighted by atomic mass is 33.1. The van der Waals surface area contributed by atoms with Crippen molar-refractivity contribution in [3.05, 3.63) is 0 Å². The van der Waals surface area contributed by atoms with Crippen LogP contribution in [0.1, 0.15) is 32.6 Å². The molecule has 1 heterocycles. The van der Waals surface area contributed by atoms with Crippen molar-refractivity contribution in [3.8, 4) is 0 Å². The van der Waals surface area contributed by atoms with Crippen molar-refractivity contribution in [2.45, 2.75) is 43.1 Å². The van der Waals surface area contributed by atoms with Crippen LogP contribution in [0, 0.1) is 0 Å². The molecule has 1 aliphatic rings. The van der Waals surface area contributed by atoms with E-state index < -0.39 is 5.97 Å². The number of aliphatic carboxylic acids is 1. The molecule has 1 saturated heterocycles. The number of hydrogen-bond acceptors (Lipinski definition) is 3. The Labute approximate surface area is 80.9 Å². The normalized spacial score (nSPS) is 31.1. The van der Waals surface area contributed by atoms with E-state index in [1.54, 1.807) is 21.6 Å². The van der Waals surface area contributed by atoms with E-state index in [-0.39, 0.29) is 5.25 Å². The molecular formula is C8H14O2S2. The molecule has 0 bridgehead atoms. The van der Waals surface area contributed by atoms with Gasteiger partial charge in [0.05, 0.1) is 0 Å². The van der Waals surface area contributed by atoms with Crippen LogP contribution in [-0.2, 0) is 4.79 Å². The number of carbonyl (C=O) groups is 1. The van der Waals surface area contributed by atoms with Gasteiger partial charge >= 0.3 is 5.97 Å². The molecule has 2 nitrogen and oxygen atoms in total. The van der Waals surface area contributed by atoms with Crippen molar-refractivity contribution in [2.75, 3.05) is 0 Å². The zero-order chi connectivity index (χ0) is 8.97. The molecule has 1 N–H and O–H groups in total. The molecular weight excluding hydrogens is 192 g/mol. The van der Waals surface area contributed by atoms with Crippen LogP contribution in [-0.4, -0.2) is 21.6 Å². The molecule has 0 aromatic rings. The number of hydrogen-bond donors (Lipinski definition) is 1. The van der Waals surface area contributed by atoms with Gasteiger partial charge in [-0.2, -0.15) is 0 Å². The first-order valence-corrected chi connectivity index (χ1v) is 6.56. The number of rotatable bonds is 2. The molecule has 0 aliphatic carbocycles. The lowest BCUT2D eigenvalue weighted by molar-refractivity contribution is -0.136. The second-order valence-electron chi connectivity index (χ2n) is 2.98. The van der Waals surface area contributed by atoms with Crippen LogP contribution in [0.15, 0.2) is 0 Å². The molecule has 1 aliphatic heterocycles. The van der Waals surface area contributed by atoms with Crippen molar-refractivity contribution in [1.29, 1.82) is 0 Å². The predicted octanol–water partition coefficient (Wildman–Crippen LogP) is 2.78. The predicted molar refractivity (Wildman–Crippen MR) is 54.5 cm³/mol. The van der Waals surface area contributed by atoms with E-state index in [1.807, 2.05) is 0 Å². The molecule has 12 heavy (non-hydrogen) atoms. The lowest BCUT2D eigenvalue weighted by atomic mass is 10.1. The number of carboxylic acid groups (broad SMARTS) is 1. The second kappa shape index (κ2) is 5.02. The van der Waals surface area contributed by atoms with E-state index in [0.717, 1.165) is 19.3 Å². The summed E-state index contributed by atoms with van der Waals surface area (Å²) in [5, 5.41) is 9.28. The van der Waals surface area contributed by atoms with Crippen LogP contribution < -0.4 is 0 Å². The summed E-state index contributed by atoms with van der Waals surface area (Å²) in [6.45, 7) is 2.17. The molecule has 0 spiro atoms. The van der Waals surface area contributed by atoms with Crippen LogP contribution in [0.5, 0.6) is 0 Å². The fourth-order valence-corrected chi connectivity index (χ4v) is 4.35. The lowest BCUT2D eigenvalue weighted by Crippen LogP contribution is -2.13. The van der Waals surface area contributed by atoms with Gasteiger partial charge in [0.25, 0.3) is 0 Å². The molecule has 1 rings (SSSR count). The van der Waals surface area contributed by atoms with E-state index >= 15 is 0 Å². The molecule has 1 fully saturated rings. The Hall–Kier alpha value is 0.170. The molecule has 4 heteroatoms. The van der Waals surface area contributed by atoms with Crippen LogP contribution in [0.4, 0.5) is 0 Å². The molecule has 0 amide bonds. The number of carboxylic acids is 1. The highest BCUT2D eigenvalue weighted by Gasteiger charge is 2.23. The Morgan fingerprint density at radius 3 is 2.83 bits per heavy atom. The van der Waals surface area contributed by atoms with Crippen LogP contribution in [0.3, 0.4) is 0 Å². The molecule has 2 unspecified atom stereocenters. The van der Waals surface area contributed by atoms with Gasteiger partial charge in [0, 0.05) is 5.25 Å². The molecule has 0 radical (unpaired) electrons. The van der Waals surface area contributed by atoms with E-state index in [1.165, 1.54) is 6.42 Å². The van der Waals surface area contributed by atoms with Gasteiger partial charge in [-0.25, -0.2) is 0 Å². The van der Waals surface area contributed by atoms with Crippen LogP contribution in [0.2, 0.25) is 0 Å². The Morgan fingerprint density at radius 1 is 1.50 bits per heavy atom. The highest BCUT2D eigenvalue weighted by Crippen LogP contribution is 2.40. The quantitative estimate of drug-likeness (QED) is 0.705. The fraction of sp³-hybridized carbons (Fsp3) is 0.875. The average molecular weight is 206 g/mol. The first kappa shape index (κ1) is 10.3. The van der Waals surface area contributed by atoms with E-state index in [0.29, 0.717) is 5.25 Å². The van der Waals surface area contributed by atoms with Gasteiger partial charge in [-0.1, -0.05) is 34.9 Å². The van der Waals surface area contributed by atoms with E-state index in [4.69, 9.17) is 5.11 Å². The first-order chi connectivity index (χ1) is 5.74. The topological polar surface area (TPSA) is 37.3 Å². The van der Waals surface area contributed by atoms with Crippen molar-refractivity contribution in [1.82, 2.24) is 0 Å². The minimum atomic E-state index is -0.649. The standard InChI is InChI=1S/C8H14O2S2/c1-2-6-4-3-5-7(8(9)10)12-11-6/h6-7H,2-5H2,1H3,(H,9,10). The summed E-state index contributed by atoms with van der Waals surface area (Å²) in [6, 6.07) is 0. The van der Waals surface area contributed by atoms with E-state index in [2.05, 4.69) is 6.92 Å². The van der Waals surface area contributed by atoms with Gasteiger partial charge in [-0.05, 0) is 19.3 Å². The maximum atomic E-state index is 10.7. The van der Waals surface area contributed by atoms with Gasteiger partial charge in [0.2, 0.25) is 0 Å². The molecule has 70 valence electrons. The summed E-state index contributed by atoms with van der Waals surface area (Å²) >= 11 is 0. The third-order valence-electron chi connectivity index (χ3n) is 2.03. The minimum Gasteiger partial charge on any atom is -0.480 e. The molecule has 0 saturated carbocycles. The van der Waals surface area contributed by atoms with Crippen molar-refractivity contribution >= 4 is 27.6 Å². The van der Waals surface area contributed by atoms with E-state index in [9.17, 15) is 4.79 Å². The zero-order valence-electron chi connectivity index (χ0n) is 7.16. The Morgan fingerprint density at radius 2 is 2.25 bits per heavy atom. The Balaban J connectivity index is 2.39. The van der Waals surface area contributed by atoms with Crippen molar-refractivity contribution < 1.29 is 9.90 Å². The van der Waals surface area contributed by atoms with Crippen molar-refractivity contribution in [2.24, 2.45) is 0 Å². The summed E-state index contributed by atoms with van der Waals surface area (Å²) < 4.78 is 0. The fourth-order valence-electron chi connectivity index (χ4n) is 1.21. The highest BCUT2D eigenvalue weighted by molar-refractivity contribution is 8.77.